The van der Waals surface area contributed by atoms with E-state index in [0.717, 1.165) is 25.0 Å². The third-order valence-corrected chi connectivity index (χ3v) is 7.10. The van der Waals surface area contributed by atoms with Crippen LogP contribution in [0.4, 0.5) is 15.8 Å². The Kier molecular flexibility index (Phi) is 5.00. The van der Waals surface area contributed by atoms with Gasteiger partial charge >= 0.3 is 0 Å². The molecule has 29 heavy (non-hydrogen) atoms. The van der Waals surface area contributed by atoms with E-state index in [-0.39, 0.29) is 15.5 Å². The van der Waals surface area contributed by atoms with Crippen molar-refractivity contribution >= 4 is 38.7 Å². The fourth-order valence-corrected chi connectivity index (χ4v) is 5.32. The zero-order chi connectivity index (χ0) is 20.8. The second kappa shape index (κ2) is 7.35. The van der Waals surface area contributed by atoms with Gasteiger partial charge in [0.15, 0.2) is 4.91 Å². The lowest BCUT2D eigenvalue weighted by atomic mass is 10.2. The molecule has 2 aromatic carbocycles. The first-order valence-electron chi connectivity index (χ1n) is 9.01. The highest BCUT2D eigenvalue weighted by molar-refractivity contribution is 7.96. The molecule has 0 radical (unpaired) electrons. The fourth-order valence-electron chi connectivity index (χ4n) is 3.55. The highest BCUT2D eigenvalue weighted by Gasteiger charge is 2.38. The lowest BCUT2D eigenvalue weighted by Crippen LogP contribution is -2.35. The highest BCUT2D eigenvalue weighted by Crippen LogP contribution is 2.42. The lowest BCUT2D eigenvalue weighted by molar-refractivity contribution is -0.125. The molecule has 2 heterocycles. The Morgan fingerprint density at radius 2 is 1.86 bits per heavy atom. The van der Waals surface area contributed by atoms with Crippen LogP contribution in [0.1, 0.15) is 12.8 Å². The van der Waals surface area contributed by atoms with E-state index in [1.165, 1.54) is 29.2 Å². The number of ether oxygens (including phenoxy) is 1. The number of anilines is 2. The smallest absolute Gasteiger partial charge is 0.267 e. The standard InChI is InChI=1S/C20H18ClFN2O4S/c1-28-17-6-5-14(11-15(17)21)24-12-19(20(25)23-8-2-3-9-23)29(26,27)18-7-4-13(22)10-16(18)24/h4-7,10-12H,2-3,8-9H2,1H3. The van der Waals surface area contributed by atoms with Gasteiger partial charge in [0.25, 0.3) is 5.91 Å². The summed E-state index contributed by atoms with van der Waals surface area (Å²) in [5.41, 5.74) is 0.591. The van der Waals surface area contributed by atoms with E-state index in [9.17, 15) is 17.6 Å². The van der Waals surface area contributed by atoms with Gasteiger partial charge in [-0.25, -0.2) is 12.8 Å². The molecule has 0 bridgehead atoms. The molecule has 1 amide bonds. The number of methoxy groups -OCH3 is 1. The van der Waals surface area contributed by atoms with E-state index in [1.807, 2.05) is 0 Å². The van der Waals surface area contributed by atoms with Gasteiger partial charge in [0.1, 0.15) is 11.6 Å². The van der Waals surface area contributed by atoms with Crippen LogP contribution in [-0.4, -0.2) is 39.4 Å². The zero-order valence-electron chi connectivity index (χ0n) is 15.6. The van der Waals surface area contributed by atoms with Crippen molar-refractivity contribution in [3.63, 3.8) is 0 Å². The van der Waals surface area contributed by atoms with E-state index in [0.29, 0.717) is 29.5 Å². The van der Waals surface area contributed by atoms with Crippen LogP contribution >= 0.6 is 11.6 Å². The topological polar surface area (TPSA) is 66.9 Å². The average Bonchev–Trinajstić information content (AvgIpc) is 3.22. The van der Waals surface area contributed by atoms with E-state index in [4.69, 9.17) is 16.3 Å². The number of fused-ring (bicyclic) bond motifs is 1. The molecule has 1 saturated heterocycles. The predicted octanol–water partition coefficient (Wildman–Crippen LogP) is 3.88. The molecule has 2 aliphatic heterocycles. The lowest BCUT2D eigenvalue weighted by Gasteiger charge is -2.30. The van der Waals surface area contributed by atoms with E-state index >= 15 is 0 Å². The van der Waals surface area contributed by atoms with Crippen molar-refractivity contribution in [1.82, 2.24) is 4.90 Å². The summed E-state index contributed by atoms with van der Waals surface area (Å²) in [6, 6.07) is 8.22. The minimum absolute atomic E-state index is 0.115. The fraction of sp³-hybridized carbons (Fsp3) is 0.250. The quantitative estimate of drug-likeness (QED) is 0.683. The molecule has 4 rings (SSSR count). The van der Waals surface area contributed by atoms with E-state index in [1.54, 1.807) is 18.2 Å². The van der Waals surface area contributed by atoms with Crippen LogP contribution in [0.3, 0.4) is 0 Å². The summed E-state index contributed by atoms with van der Waals surface area (Å²) in [6.07, 6.45) is 2.91. The molecule has 1 fully saturated rings. The van der Waals surface area contributed by atoms with Crippen LogP contribution in [0.2, 0.25) is 5.02 Å². The second-order valence-corrected chi connectivity index (χ2v) is 9.09. The van der Waals surface area contributed by atoms with Gasteiger partial charge in [0, 0.05) is 25.0 Å². The Hall–Kier alpha value is -2.58. The number of carbonyl (C=O) groups excluding carboxylic acids is 1. The number of amides is 1. The first-order chi connectivity index (χ1) is 13.8. The first-order valence-corrected chi connectivity index (χ1v) is 10.9. The minimum Gasteiger partial charge on any atom is -0.495 e. The van der Waals surface area contributed by atoms with Crippen molar-refractivity contribution in [2.24, 2.45) is 0 Å². The Bertz CT molecular complexity index is 1130. The number of halogens is 2. The molecule has 0 unspecified atom stereocenters. The summed E-state index contributed by atoms with van der Waals surface area (Å²) in [5, 5.41) is 0.303. The average molecular weight is 437 g/mol. The number of likely N-dealkylation sites (tertiary alicyclic amines) is 1. The summed E-state index contributed by atoms with van der Waals surface area (Å²) in [6.45, 7) is 1.02. The summed E-state index contributed by atoms with van der Waals surface area (Å²) < 4.78 is 45.4. The normalized spacial score (nSPS) is 17.7. The van der Waals surface area contributed by atoms with E-state index in [2.05, 4.69) is 0 Å². The monoisotopic (exact) mass is 436 g/mol. The van der Waals surface area contributed by atoms with Gasteiger partial charge in [0.2, 0.25) is 9.84 Å². The molecule has 0 atom stereocenters. The number of carbonyl (C=O) groups is 1. The minimum atomic E-state index is -4.10. The third kappa shape index (κ3) is 3.36. The number of rotatable bonds is 3. The Morgan fingerprint density at radius 3 is 2.52 bits per heavy atom. The van der Waals surface area contributed by atoms with Gasteiger partial charge in [-0.05, 0) is 49.2 Å². The van der Waals surface area contributed by atoms with Crippen LogP contribution in [-0.2, 0) is 14.6 Å². The zero-order valence-corrected chi connectivity index (χ0v) is 17.1. The summed E-state index contributed by atoms with van der Waals surface area (Å²) in [5.74, 6) is -0.703. The number of sulfone groups is 1. The van der Waals surface area contributed by atoms with Crippen molar-refractivity contribution in [2.75, 3.05) is 25.1 Å². The molecular weight excluding hydrogens is 419 g/mol. The number of benzene rings is 2. The molecule has 152 valence electrons. The van der Waals surface area contributed by atoms with Crippen LogP contribution in [0.25, 0.3) is 0 Å². The van der Waals surface area contributed by atoms with Crippen LogP contribution in [0, 0.1) is 5.82 Å². The van der Waals surface area contributed by atoms with Crippen molar-refractivity contribution in [3.8, 4) is 5.75 Å². The molecule has 2 aromatic rings. The van der Waals surface area contributed by atoms with Crippen LogP contribution < -0.4 is 9.64 Å². The van der Waals surface area contributed by atoms with Gasteiger partial charge in [-0.3, -0.25) is 4.79 Å². The maximum Gasteiger partial charge on any atom is 0.267 e. The van der Waals surface area contributed by atoms with Gasteiger partial charge in [0.05, 0.1) is 22.7 Å². The SMILES string of the molecule is COc1ccc(N2C=C(C(=O)N3CCCC3)S(=O)(=O)c3ccc(F)cc32)cc1Cl. The van der Waals surface area contributed by atoms with Crippen LogP contribution in [0.5, 0.6) is 5.75 Å². The highest BCUT2D eigenvalue weighted by atomic mass is 35.5. The van der Waals surface area contributed by atoms with Crippen molar-refractivity contribution in [3.05, 3.63) is 58.3 Å². The Balaban J connectivity index is 1.90. The largest absolute Gasteiger partial charge is 0.495 e. The van der Waals surface area contributed by atoms with Gasteiger partial charge < -0.3 is 14.5 Å². The Labute approximate surface area is 173 Å². The third-order valence-electron chi connectivity index (χ3n) is 5.02. The maximum absolute atomic E-state index is 14.0. The van der Waals surface area contributed by atoms with Crippen LogP contribution in [0.15, 0.2) is 52.4 Å². The molecule has 0 aliphatic carbocycles. The van der Waals surface area contributed by atoms with E-state index < -0.39 is 21.6 Å². The summed E-state index contributed by atoms with van der Waals surface area (Å²) >= 11 is 6.23. The predicted molar refractivity (Wildman–Crippen MR) is 108 cm³/mol. The maximum atomic E-state index is 14.0. The molecule has 0 N–H and O–H groups in total. The molecular formula is C20H18ClFN2O4S. The van der Waals surface area contributed by atoms with Crippen molar-refractivity contribution in [2.45, 2.75) is 17.7 Å². The molecule has 2 aliphatic rings. The number of nitrogens with zero attached hydrogens (tertiary/aromatic N) is 2. The number of hydrogen-bond donors (Lipinski definition) is 0. The molecule has 0 spiro atoms. The van der Waals surface area contributed by atoms with Gasteiger partial charge in [-0.2, -0.15) is 0 Å². The number of hydrogen-bond acceptors (Lipinski definition) is 5. The van der Waals surface area contributed by atoms with Crippen molar-refractivity contribution < 1.29 is 22.3 Å². The van der Waals surface area contributed by atoms with Crippen molar-refractivity contribution in [1.29, 1.82) is 0 Å². The summed E-state index contributed by atoms with van der Waals surface area (Å²) in [4.78, 5) is 15.5. The van der Waals surface area contributed by atoms with Gasteiger partial charge in [-0.15, -0.1) is 0 Å². The Morgan fingerprint density at radius 1 is 1.14 bits per heavy atom. The molecule has 9 heteroatoms. The molecule has 6 nitrogen and oxygen atoms in total. The summed E-state index contributed by atoms with van der Waals surface area (Å²) in [7, 11) is -2.62. The van der Waals surface area contributed by atoms with Gasteiger partial charge in [-0.1, -0.05) is 11.6 Å². The first kappa shape index (κ1) is 19.7. The molecule has 0 saturated carbocycles. The molecule has 0 aromatic heterocycles. The second-order valence-electron chi connectivity index (χ2n) is 6.80.